The second-order valence-electron chi connectivity index (χ2n) is 5.74. The fourth-order valence-corrected chi connectivity index (χ4v) is 2.93. The van der Waals surface area contributed by atoms with Gasteiger partial charge in [0.25, 0.3) is 5.91 Å². The van der Waals surface area contributed by atoms with E-state index in [9.17, 15) is 4.79 Å². The van der Waals surface area contributed by atoms with Crippen LogP contribution in [-0.2, 0) is 13.0 Å². The third kappa shape index (κ3) is 2.85. The van der Waals surface area contributed by atoms with Crippen LogP contribution < -0.4 is 0 Å². The Bertz CT molecular complexity index is 621. The van der Waals surface area contributed by atoms with E-state index < -0.39 is 0 Å². The lowest BCUT2D eigenvalue weighted by Crippen LogP contribution is -2.46. The number of rotatable bonds is 3. The minimum atomic E-state index is 0.0102. The van der Waals surface area contributed by atoms with Crippen molar-refractivity contribution in [3.05, 3.63) is 59.5 Å². The van der Waals surface area contributed by atoms with Gasteiger partial charge in [-0.25, -0.2) is 0 Å². The number of benzene rings is 1. The number of likely N-dealkylation sites (N-methyl/N-ethyl adjacent to an activating group) is 2. The smallest absolute Gasteiger partial charge is 0.256 e. The molecule has 1 aliphatic heterocycles. The van der Waals surface area contributed by atoms with Crippen LogP contribution in [0, 0.1) is 0 Å². The van der Waals surface area contributed by atoms with Crippen LogP contribution in [0.15, 0.2) is 47.3 Å². The first-order valence-corrected chi connectivity index (χ1v) is 7.20. The summed E-state index contributed by atoms with van der Waals surface area (Å²) in [5, 5.41) is 0. The summed E-state index contributed by atoms with van der Waals surface area (Å²) in [7, 11) is 3.97. The molecule has 1 unspecified atom stereocenters. The van der Waals surface area contributed by atoms with Crippen molar-refractivity contribution in [1.82, 2.24) is 9.80 Å². The van der Waals surface area contributed by atoms with Gasteiger partial charge in [-0.15, -0.1) is 0 Å². The van der Waals surface area contributed by atoms with Gasteiger partial charge in [-0.05, 0) is 30.7 Å². The average Bonchev–Trinajstić information content (AvgIpc) is 3.01. The van der Waals surface area contributed by atoms with E-state index in [0.717, 1.165) is 19.5 Å². The van der Waals surface area contributed by atoms with Crippen molar-refractivity contribution in [3.8, 4) is 0 Å². The van der Waals surface area contributed by atoms with Gasteiger partial charge in [0, 0.05) is 26.2 Å². The Hall–Kier alpha value is -2.07. The highest BCUT2D eigenvalue weighted by Gasteiger charge is 2.25. The standard InChI is InChI=1S/C17H20N2O2/c1-18-10-14-6-4-3-5-13(14)9-16(18)11-19(2)17(20)15-7-8-21-12-15/h3-8,12,16H,9-11H2,1-2H3. The highest BCUT2D eigenvalue weighted by molar-refractivity contribution is 5.93. The van der Waals surface area contributed by atoms with Gasteiger partial charge in [-0.2, -0.15) is 0 Å². The summed E-state index contributed by atoms with van der Waals surface area (Å²) in [5.74, 6) is 0.0102. The molecule has 0 N–H and O–H groups in total. The zero-order valence-corrected chi connectivity index (χ0v) is 12.5. The Morgan fingerprint density at radius 1 is 1.33 bits per heavy atom. The van der Waals surface area contributed by atoms with E-state index in [1.165, 1.54) is 23.7 Å². The van der Waals surface area contributed by atoms with Crippen LogP contribution in [-0.4, -0.2) is 42.4 Å². The zero-order valence-electron chi connectivity index (χ0n) is 12.5. The molecule has 4 nitrogen and oxygen atoms in total. The fourth-order valence-electron chi connectivity index (χ4n) is 2.93. The van der Waals surface area contributed by atoms with Crippen molar-refractivity contribution in [1.29, 1.82) is 0 Å². The van der Waals surface area contributed by atoms with E-state index in [4.69, 9.17) is 4.42 Å². The lowest BCUT2D eigenvalue weighted by Gasteiger charge is -2.36. The molecule has 4 heteroatoms. The number of carbonyl (C=O) groups excluding carboxylic acids is 1. The summed E-state index contributed by atoms with van der Waals surface area (Å²) in [6.45, 7) is 1.66. The first kappa shape index (κ1) is 13.9. The Kier molecular flexibility index (Phi) is 3.80. The van der Waals surface area contributed by atoms with Gasteiger partial charge in [-0.3, -0.25) is 9.69 Å². The molecule has 3 rings (SSSR count). The van der Waals surface area contributed by atoms with Crippen molar-refractivity contribution in [2.45, 2.75) is 19.0 Å². The number of nitrogens with zero attached hydrogens (tertiary/aromatic N) is 2. The SMILES string of the molecule is CN(CC1Cc2ccccc2CN1C)C(=O)c1ccoc1. The first-order valence-electron chi connectivity index (χ1n) is 7.20. The Labute approximate surface area is 125 Å². The second-order valence-corrected chi connectivity index (χ2v) is 5.74. The minimum Gasteiger partial charge on any atom is -0.472 e. The van der Waals surface area contributed by atoms with Crippen LogP contribution >= 0.6 is 0 Å². The normalized spacial score (nSPS) is 18.3. The summed E-state index contributed by atoms with van der Waals surface area (Å²) in [5.41, 5.74) is 3.39. The third-order valence-corrected chi connectivity index (χ3v) is 4.22. The number of fused-ring (bicyclic) bond motifs is 1. The maximum atomic E-state index is 12.3. The van der Waals surface area contributed by atoms with Crippen LogP contribution in [0.5, 0.6) is 0 Å². The molecule has 0 aliphatic carbocycles. The highest BCUT2D eigenvalue weighted by atomic mass is 16.3. The van der Waals surface area contributed by atoms with Crippen molar-refractivity contribution in [2.24, 2.45) is 0 Å². The molecule has 21 heavy (non-hydrogen) atoms. The number of amides is 1. The van der Waals surface area contributed by atoms with Gasteiger partial charge in [0.2, 0.25) is 0 Å². The topological polar surface area (TPSA) is 36.7 Å². The molecular formula is C17H20N2O2. The molecule has 0 saturated heterocycles. The number of furan rings is 1. The lowest BCUT2D eigenvalue weighted by atomic mass is 9.94. The van der Waals surface area contributed by atoms with Crippen molar-refractivity contribution in [2.75, 3.05) is 20.6 Å². The van der Waals surface area contributed by atoms with Gasteiger partial charge in [0.1, 0.15) is 6.26 Å². The molecule has 1 atom stereocenters. The largest absolute Gasteiger partial charge is 0.472 e. The molecule has 1 amide bonds. The van der Waals surface area contributed by atoms with E-state index in [0.29, 0.717) is 11.6 Å². The molecule has 0 radical (unpaired) electrons. The van der Waals surface area contributed by atoms with E-state index >= 15 is 0 Å². The number of hydrogen-bond donors (Lipinski definition) is 0. The van der Waals surface area contributed by atoms with E-state index in [1.807, 2.05) is 7.05 Å². The van der Waals surface area contributed by atoms with E-state index in [2.05, 4.69) is 36.2 Å². The number of hydrogen-bond acceptors (Lipinski definition) is 3. The predicted octanol–water partition coefficient (Wildman–Crippen LogP) is 2.41. The van der Waals surface area contributed by atoms with Crippen LogP contribution in [0.25, 0.3) is 0 Å². The highest BCUT2D eigenvalue weighted by Crippen LogP contribution is 2.22. The summed E-state index contributed by atoms with van der Waals surface area (Å²) in [6.07, 6.45) is 4.01. The van der Waals surface area contributed by atoms with Crippen molar-refractivity contribution >= 4 is 5.91 Å². The summed E-state index contributed by atoms with van der Waals surface area (Å²) < 4.78 is 4.99. The minimum absolute atomic E-state index is 0.0102. The molecule has 110 valence electrons. The molecule has 0 saturated carbocycles. The fraction of sp³-hybridized carbons (Fsp3) is 0.353. The molecule has 1 aliphatic rings. The van der Waals surface area contributed by atoms with Gasteiger partial charge >= 0.3 is 0 Å². The van der Waals surface area contributed by atoms with Gasteiger partial charge in [0.15, 0.2) is 0 Å². The molecule has 0 bridgehead atoms. The molecular weight excluding hydrogens is 264 g/mol. The summed E-state index contributed by atoms with van der Waals surface area (Å²) in [4.78, 5) is 16.4. The summed E-state index contributed by atoms with van der Waals surface area (Å²) >= 11 is 0. The van der Waals surface area contributed by atoms with E-state index in [-0.39, 0.29) is 5.91 Å². The van der Waals surface area contributed by atoms with Gasteiger partial charge in [-0.1, -0.05) is 24.3 Å². The predicted molar refractivity (Wildman–Crippen MR) is 81.1 cm³/mol. The molecule has 2 heterocycles. The quantitative estimate of drug-likeness (QED) is 0.868. The summed E-state index contributed by atoms with van der Waals surface area (Å²) in [6, 6.07) is 10.6. The average molecular weight is 284 g/mol. The van der Waals surface area contributed by atoms with Crippen LogP contribution in [0.2, 0.25) is 0 Å². The maximum absolute atomic E-state index is 12.3. The number of carbonyl (C=O) groups is 1. The van der Waals surface area contributed by atoms with Gasteiger partial charge < -0.3 is 9.32 Å². The first-order chi connectivity index (χ1) is 10.1. The molecule has 1 aromatic carbocycles. The van der Waals surface area contributed by atoms with Crippen LogP contribution in [0.4, 0.5) is 0 Å². The van der Waals surface area contributed by atoms with Crippen molar-refractivity contribution in [3.63, 3.8) is 0 Å². The maximum Gasteiger partial charge on any atom is 0.256 e. The van der Waals surface area contributed by atoms with Crippen LogP contribution in [0.1, 0.15) is 21.5 Å². The lowest BCUT2D eigenvalue weighted by molar-refractivity contribution is 0.0733. The Balaban J connectivity index is 1.69. The molecule has 0 spiro atoms. The second kappa shape index (κ2) is 5.74. The molecule has 2 aromatic rings. The molecule has 0 fully saturated rings. The van der Waals surface area contributed by atoms with Crippen LogP contribution in [0.3, 0.4) is 0 Å². The van der Waals surface area contributed by atoms with E-state index in [1.54, 1.807) is 11.0 Å². The third-order valence-electron chi connectivity index (χ3n) is 4.22. The Morgan fingerprint density at radius 2 is 2.10 bits per heavy atom. The zero-order chi connectivity index (χ0) is 14.8. The van der Waals surface area contributed by atoms with Gasteiger partial charge in [0.05, 0.1) is 11.8 Å². The Morgan fingerprint density at radius 3 is 2.81 bits per heavy atom. The monoisotopic (exact) mass is 284 g/mol. The van der Waals surface area contributed by atoms with Crippen molar-refractivity contribution < 1.29 is 9.21 Å². The molecule has 1 aromatic heterocycles.